The van der Waals surface area contributed by atoms with Crippen molar-refractivity contribution in [2.24, 2.45) is 5.73 Å². The van der Waals surface area contributed by atoms with Crippen LogP contribution in [0.5, 0.6) is 0 Å². The molecule has 1 rings (SSSR count). The number of hydrogen-bond donors (Lipinski definition) is 1. The summed E-state index contributed by atoms with van der Waals surface area (Å²) in [6.07, 6.45) is 5.94. The van der Waals surface area contributed by atoms with Crippen LogP contribution in [0, 0.1) is 0 Å². The zero-order chi connectivity index (χ0) is 9.90. The Kier molecular flexibility index (Phi) is 3.51. The second kappa shape index (κ2) is 4.25. The fraction of sp³-hybridized carbons (Fsp3) is 0.818. The summed E-state index contributed by atoms with van der Waals surface area (Å²) in [5.74, 6) is 0. The van der Waals surface area contributed by atoms with E-state index in [2.05, 4.69) is 6.58 Å². The van der Waals surface area contributed by atoms with Gasteiger partial charge in [0.1, 0.15) is 0 Å². The van der Waals surface area contributed by atoms with E-state index in [1.54, 1.807) is 7.11 Å². The smallest absolute Gasteiger partial charge is 0.0866 e. The van der Waals surface area contributed by atoms with Gasteiger partial charge >= 0.3 is 0 Å². The van der Waals surface area contributed by atoms with E-state index in [1.807, 2.05) is 6.92 Å². The zero-order valence-electron chi connectivity index (χ0n) is 8.81. The fourth-order valence-corrected chi connectivity index (χ4v) is 2.24. The summed E-state index contributed by atoms with van der Waals surface area (Å²) < 4.78 is 5.62. The maximum absolute atomic E-state index is 6.11. The van der Waals surface area contributed by atoms with Crippen molar-refractivity contribution in [3.05, 3.63) is 12.2 Å². The Labute approximate surface area is 81.1 Å². The largest absolute Gasteiger partial charge is 0.376 e. The molecular formula is C11H21NO. The molecule has 0 aliphatic heterocycles. The van der Waals surface area contributed by atoms with Gasteiger partial charge in [-0.15, -0.1) is 0 Å². The molecule has 1 aliphatic rings. The average molecular weight is 183 g/mol. The van der Waals surface area contributed by atoms with E-state index in [4.69, 9.17) is 10.5 Å². The molecule has 2 nitrogen and oxygen atoms in total. The Balaban J connectivity index is 2.72. The van der Waals surface area contributed by atoms with Gasteiger partial charge in [-0.3, -0.25) is 0 Å². The van der Waals surface area contributed by atoms with Crippen molar-refractivity contribution in [3.8, 4) is 0 Å². The fourth-order valence-electron chi connectivity index (χ4n) is 2.24. The predicted molar refractivity (Wildman–Crippen MR) is 55.6 cm³/mol. The van der Waals surface area contributed by atoms with Crippen molar-refractivity contribution in [3.63, 3.8) is 0 Å². The number of nitrogens with two attached hydrogens (primary N) is 1. The van der Waals surface area contributed by atoms with Crippen LogP contribution < -0.4 is 5.73 Å². The highest BCUT2D eigenvalue weighted by molar-refractivity contribution is 5.11. The van der Waals surface area contributed by atoms with Gasteiger partial charge in [0.25, 0.3) is 0 Å². The molecule has 13 heavy (non-hydrogen) atoms. The highest BCUT2D eigenvalue weighted by Crippen LogP contribution is 2.35. The lowest BCUT2D eigenvalue weighted by atomic mass is 9.77. The lowest BCUT2D eigenvalue weighted by Gasteiger charge is -2.41. The zero-order valence-corrected chi connectivity index (χ0v) is 8.81. The molecule has 1 aliphatic carbocycles. The molecule has 0 aromatic rings. The van der Waals surface area contributed by atoms with Gasteiger partial charge in [0.05, 0.1) is 11.6 Å². The summed E-state index contributed by atoms with van der Waals surface area (Å²) >= 11 is 0. The van der Waals surface area contributed by atoms with Crippen LogP contribution in [0.25, 0.3) is 0 Å². The van der Waals surface area contributed by atoms with E-state index >= 15 is 0 Å². The second-order valence-electron chi connectivity index (χ2n) is 4.15. The molecule has 0 heterocycles. The number of ether oxygens (including phenoxy) is 1. The molecule has 0 saturated heterocycles. The van der Waals surface area contributed by atoms with Gasteiger partial charge in [-0.05, 0) is 19.8 Å². The number of hydrogen-bond acceptors (Lipinski definition) is 2. The van der Waals surface area contributed by atoms with Crippen LogP contribution in [0.15, 0.2) is 12.2 Å². The first-order chi connectivity index (χ1) is 6.12. The van der Waals surface area contributed by atoms with Crippen LogP contribution in [0.3, 0.4) is 0 Å². The molecule has 1 fully saturated rings. The van der Waals surface area contributed by atoms with E-state index in [0.29, 0.717) is 0 Å². The Morgan fingerprint density at radius 1 is 1.38 bits per heavy atom. The third-order valence-electron chi connectivity index (χ3n) is 3.20. The molecular weight excluding hydrogens is 162 g/mol. The molecule has 1 unspecified atom stereocenters. The Bertz CT molecular complexity index is 183. The van der Waals surface area contributed by atoms with Crippen molar-refractivity contribution >= 4 is 0 Å². The van der Waals surface area contributed by atoms with Crippen LogP contribution in [-0.4, -0.2) is 18.8 Å². The van der Waals surface area contributed by atoms with Crippen LogP contribution in [-0.2, 0) is 4.74 Å². The maximum atomic E-state index is 6.11. The lowest BCUT2D eigenvalue weighted by Crippen LogP contribution is -2.51. The maximum Gasteiger partial charge on any atom is 0.0866 e. The first-order valence-electron chi connectivity index (χ1n) is 5.08. The van der Waals surface area contributed by atoms with Crippen molar-refractivity contribution in [2.45, 2.75) is 50.7 Å². The first kappa shape index (κ1) is 10.7. The van der Waals surface area contributed by atoms with Crippen molar-refractivity contribution in [1.82, 2.24) is 0 Å². The van der Waals surface area contributed by atoms with E-state index in [1.165, 1.54) is 19.3 Å². The Morgan fingerprint density at radius 2 is 1.92 bits per heavy atom. The van der Waals surface area contributed by atoms with Gasteiger partial charge in [0.15, 0.2) is 0 Å². The second-order valence-corrected chi connectivity index (χ2v) is 4.15. The lowest BCUT2D eigenvalue weighted by molar-refractivity contribution is -0.0502. The van der Waals surface area contributed by atoms with Crippen LogP contribution in [0.2, 0.25) is 0 Å². The van der Waals surface area contributed by atoms with Crippen LogP contribution in [0.1, 0.15) is 39.0 Å². The molecule has 1 atom stereocenters. The van der Waals surface area contributed by atoms with E-state index in [9.17, 15) is 0 Å². The average Bonchev–Trinajstić information content (AvgIpc) is 2.17. The SMILES string of the molecule is C=C(C)C(N)C1(OC)CCCCC1. The van der Waals surface area contributed by atoms with Gasteiger partial charge in [-0.1, -0.05) is 31.4 Å². The van der Waals surface area contributed by atoms with Crippen molar-refractivity contribution in [2.75, 3.05) is 7.11 Å². The topological polar surface area (TPSA) is 35.2 Å². The number of rotatable bonds is 3. The van der Waals surface area contributed by atoms with Gasteiger partial charge in [-0.25, -0.2) is 0 Å². The van der Waals surface area contributed by atoms with Gasteiger partial charge in [-0.2, -0.15) is 0 Å². The van der Waals surface area contributed by atoms with E-state index in [-0.39, 0.29) is 11.6 Å². The highest BCUT2D eigenvalue weighted by Gasteiger charge is 2.38. The molecule has 0 aromatic heterocycles. The van der Waals surface area contributed by atoms with E-state index in [0.717, 1.165) is 18.4 Å². The standard InChI is InChI=1S/C11H21NO/c1-9(2)10(12)11(13-3)7-5-4-6-8-11/h10H,1,4-8,12H2,2-3H3. The molecule has 0 radical (unpaired) electrons. The van der Waals surface area contributed by atoms with E-state index < -0.39 is 0 Å². The van der Waals surface area contributed by atoms with Crippen molar-refractivity contribution < 1.29 is 4.74 Å². The molecule has 0 amide bonds. The quantitative estimate of drug-likeness (QED) is 0.681. The van der Waals surface area contributed by atoms with Gasteiger partial charge < -0.3 is 10.5 Å². The monoisotopic (exact) mass is 183 g/mol. The minimum atomic E-state index is -0.121. The summed E-state index contributed by atoms with van der Waals surface area (Å²) in [6.45, 7) is 5.90. The molecule has 76 valence electrons. The summed E-state index contributed by atoms with van der Waals surface area (Å²) in [7, 11) is 1.77. The normalized spacial score (nSPS) is 23.9. The molecule has 0 spiro atoms. The Morgan fingerprint density at radius 3 is 2.31 bits per heavy atom. The summed E-state index contributed by atoms with van der Waals surface area (Å²) in [5, 5.41) is 0. The van der Waals surface area contributed by atoms with Gasteiger partial charge in [0.2, 0.25) is 0 Å². The third kappa shape index (κ3) is 2.12. The molecule has 0 aromatic carbocycles. The minimum absolute atomic E-state index is 0.00204. The van der Waals surface area contributed by atoms with Crippen molar-refractivity contribution in [1.29, 1.82) is 0 Å². The van der Waals surface area contributed by atoms with Crippen LogP contribution in [0.4, 0.5) is 0 Å². The summed E-state index contributed by atoms with van der Waals surface area (Å²) in [4.78, 5) is 0. The molecule has 2 heteroatoms. The number of methoxy groups -OCH3 is 1. The first-order valence-corrected chi connectivity index (χ1v) is 5.08. The van der Waals surface area contributed by atoms with Crippen LogP contribution >= 0.6 is 0 Å². The molecule has 0 bridgehead atoms. The molecule has 2 N–H and O–H groups in total. The highest BCUT2D eigenvalue weighted by atomic mass is 16.5. The predicted octanol–water partition coefficient (Wildman–Crippen LogP) is 2.24. The summed E-state index contributed by atoms with van der Waals surface area (Å²) in [6, 6.07) is -0.00204. The third-order valence-corrected chi connectivity index (χ3v) is 3.20. The minimum Gasteiger partial charge on any atom is -0.376 e. The summed E-state index contributed by atoms with van der Waals surface area (Å²) in [5.41, 5.74) is 7.02. The Hall–Kier alpha value is -0.340. The molecule has 1 saturated carbocycles. The van der Waals surface area contributed by atoms with Gasteiger partial charge in [0, 0.05) is 7.11 Å².